The van der Waals surface area contributed by atoms with Crippen molar-refractivity contribution in [3.05, 3.63) is 83.0 Å². The quantitative estimate of drug-likeness (QED) is 0.204. The number of nitrogens with zero attached hydrogens (tertiary/aromatic N) is 2. The zero-order valence-electron chi connectivity index (χ0n) is 18.3. The van der Waals surface area contributed by atoms with Gasteiger partial charge in [-0.25, -0.2) is 0 Å². The standard InChI is InChI=1S/C26H27ClN2O3/c1-4-6-15-31-22-13-11-18(12-14-22)24-23(25(30)20(8-5-2)17-28-3)26(32-29-24)19-9-7-10-21(27)16-19/h5,7-14,16-17,25,30H,3-4,6,15H2,1-2H3. The topological polar surface area (TPSA) is 67.9 Å². The molecule has 1 atom stereocenters. The van der Waals surface area contributed by atoms with Crippen molar-refractivity contribution in [2.75, 3.05) is 6.61 Å². The SMILES string of the molecule is C=NC=C(C=CC)C(O)c1c(-c2ccc(OCCCC)cc2)noc1-c1cccc(Cl)c1. The van der Waals surface area contributed by atoms with Gasteiger partial charge in [0, 0.05) is 27.9 Å². The van der Waals surface area contributed by atoms with Crippen LogP contribution in [0, 0.1) is 0 Å². The van der Waals surface area contributed by atoms with E-state index in [9.17, 15) is 5.11 Å². The van der Waals surface area contributed by atoms with E-state index >= 15 is 0 Å². The summed E-state index contributed by atoms with van der Waals surface area (Å²) in [4.78, 5) is 3.84. The van der Waals surface area contributed by atoms with E-state index in [1.54, 1.807) is 18.2 Å². The van der Waals surface area contributed by atoms with E-state index < -0.39 is 6.10 Å². The average Bonchev–Trinajstić information content (AvgIpc) is 3.24. The molecule has 0 aliphatic heterocycles. The molecule has 0 aliphatic carbocycles. The predicted octanol–water partition coefficient (Wildman–Crippen LogP) is 7.03. The molecule has 0 aliphatic rings. The molecule has 5 nitrogen and oxygen atoms in total. The van der Waals surface area contributed by atoms with E-state index in [4.69, 9.17) is 20.9 Å². The fourth-order valence-corrected chi connectivity index (χ4v) is 3.50. The molecule has 0 amide bonds. The molecule has 1 aromatic heterocycles. The number of unbranched alkanes of at least 4 members (excludes halogenated alkanes) is 1. The fraction of sp³-hybridized carbons (Fsp3) is 0.231. The van der Waals surface area contributed by atoms with Crippen LogP contribution in [0.5, 0.6) is 5.75 Å². The fourth-order valence-electron chi connectivity index (χ4n) is 3.31. The van der Waals surface area contributed by atoms with Crippen molar-refractivity contribution >= 4 is 18.3 Å². The van der Waals surface area contributed by atoms with Crippen molar-refractivity contribution in [2.24, 2.45) is 4.99 Å². The highest BCUT2D eigenvalue weighted by Gasteiger charge is 2.27. The van der Waals surface area contributed by atoms with E-state index in [1.807, 2.05) is 49.4 Å². The molecule has 0 spiro atoms. The lowest BCUT2D eigenvalue weighted by Crippen LogP contribution is -2.03. The first-order chi connectivity index (χ1) is 15.6. The lowest BCUT2D eigenvalue weighted by atomic mass is 9.94. The number of aliphatic imine (C=N–C) groups is 1. The van der Waals surface area contributed by atoms with Crippen molar-refractivity contribution in [2.45, 2.75) is 32.8 Å². The third kappa shape index (κ3) is 5.55. The molecule has 32 heavy (non-hydrogen) atoms. The van der Waals surface area contributed by atoms with Crippen molar-refractivity contribution in [3.8, 4) is 28.3 Å². The number of ether oxygens (including phenoxy) is 1. The summed E-state index contributed by atoms with van der Waals surface area (Å²) in [7, 11) is 0. The Bertz CT molecular complexity index is 1100. The first-order valence-corrected chi connectivity index (χ1v) is 10.9. The van der Waals surface area contributed by atoms with Crippen LogP contribution in [0.1, 0.15) is 38.4 Å². The molecule has 3 rings (SSSR count). The summed E-state index contributed by atoms with van der Waals surface area (Å²) in [6.45, 7) is 8.19. The van der Waals surface area contributed by atoms with Gasteiger partial charge in [-0.3, -0.25) is 4.99 Å². The Morgan fingerprint density at radius 3 is 2.69 bits per heavy atom. The Balaban J connectivity index is 2.08. The highest BCUT2D eigenvalue weighted by atomic mass is 35.5. The highest BCUT2D eigenvalue weighted by molar-refractivity contribution is 6.30. The van der Waals surface area contributed by atoms with Gasteiger partial charge in [-0.1, -0.05) is 54.4 Å². The zero-order chi connectivity index (χ0) is 22.9. The summed E-state index contributed by atoms with van der Waals surface area (Å²) in [6.07, 6.45) is 6.17. The Morgan fingerprint density at radius 1 is 1.25 bits per heavy atom. The van der Waals surface area contributed by atoms with Crippen molar-refractivity contribution in [1.82, 2.24) is 5.16 Å². The number of aromatic nitrogens is 1. The van der Waals surface area contributed by atoms with Gasteiger partial charge in [0.05, 0.1) is 12.2 Å². The molecule has 2 aromatic carbocycles. The normalized spacial score (nSPS) is 12.8. The van der Waals surface area contributed by atoms with Gasteiger partial charge < -0.3 is 14.4 Å². The number of aliphatic hydroxyl groups is 1. The van der Waals surface area contributed by atoms with Crippen LogP contribution in [0.3, 0.4) is 0 Å². The van der Waals surface area contributed by atoms with Crippen molar-refractivity contribution in [3.63, 3.8) is 0 Å². The van der Waals surface area contributed by atoms with Gasteiger partial charge in [-0.15, -0.1) is 0 Å². The minimum absolute atomic E-state index is 0.442. The van der Waals surface area contributed by atoms with E-state index in [1.165, 1.54) is 6.20 Å². The lowest BCUT2D eigenvalue weighted by Gasteiger charge is -2.14. The molecule has 1 heterocycles. The third-order valence-corrected chi connectivity index (χ3v) is 5.13. The third-order valence-electron chi connectivity index (χ3n) is 4.90. The second kappa shape index (κ2) is 11.5. The Hall–Kier alpha value is -3.15. The summed E-state index contributed by atoms with van der Waals surface area (Å²) in [6, 6.07) is 14.8. The summed E-state index contributed by atoms with van der Waals surface area (Å²) in [5, 5.41) is 16.2. The lowest BCUT2D eigenvalue weighted by molar-refractivity contribution is 0.219. The maximum absolute atomic E-state index is 11.3. The first kappa shape index (κ1) is 23.5. The van der Waals surface area contributed by atoms with Crippen molar-refractivity contribution in [1.29, 1.82) is 0 Å². The van der Waals surface area contributed by atoms with E-state index in [-0.39, 0.29) is 0 Å². The molecule has 0 saturated heterocycles. The molecule has 0 bridgehead atoms. The molecule has 6 heteroatoms. The van der Waals surface area contributed by atoms with Gasteiger partial charge in [0.1, 0.15) is 17.5 Å². The number of allylic oxidation sites excluding steroid dienone is 1. The molecule has 1 unspecified atom stereocenters. The van der Waals surface area contributed by atoms with Gasteiger partial charge in [0.2, 0.25) is 0 Å². The van der Waals surface area contributed by atoms with E-state index in [0.29, 0.717) is 34.2 Å². The first-order valence-electron chi connectivity index (χ1n) is 10.5. The second-order valence-electron chi connectivity index (χ2n) is 7.22. The van der Waals surface area contributed by atoms with E-state index in [0.717, 1.165) is 29.7 Å². The van der Waals surface area contributed by atoms with Crippen LogP contribution < -0.4 is 4.74 Å². The number of hydrogen-bond donors (Lipinski definition) is 1. The number of hydrogen-bond acceptors (Lipinski definition) is 5. The average molecular weight is 451 g/mol. The Labute approximate surface area is 193 Å². The number of benzene rings is 2. The minimum atomic E-state index is -1.03. The van der Waals surface area contributed by atoms with Crippen LogP contribution in [0.2, 0.25) is 5.02 Å². The smallest absolute Gasteiger partial charge is 0.173 e. The van der Waals surface area contributed by atoms with E-state index in [2.05, 4.69) is 23.8 Å². The number of aliphatic hydroxyl groups excluding tert-OH is 1. The van der Waals surface area contributed by atoms with Crippen LogP contribution in [-0.4, -0.2) is 23.6 Å². The summed E-state index contributed by atoms with van der Waals surface area (Å²) >= 11 is 6.20. The molecule has 0 fully saturated rings. The monoisotopic (exact) mass is 450 g/mol. The maximum atomic E-state index is 11.3. The number of rotatable bonds is 10. The Morgan fingerprint density at radius 2 is 2.03 bits per heavy atom. The zero-order valence-corrected chi connectivity index (χ0v) is 19.0. The van der Waals surface area contributed by atoms with Crippen LogP contribution >= 0.6 is 11.6 Å². The van der Waals surface area contributed by atoms with Crippen LogP contribution in [0.25, 0.3) is 22.6 Å². The van der Waals surface area contributed by atoms with Crippen LogP contribution in [0.4, 0.5) is 0 Å². The van der Waals surface area contributed by atoms with Gasteiger partial charge >= 0.3 is 0 Å². The number of halogens is 1. The molecule has 166 valence electrons. The minimum Gasteiger partial charge on any atom is -0.494 e. The molecule has 3 aromatic rings. The Kier molecular flexibility index (Phi) is 8.42. The summed E-state index contributed by atoms with van der Waals surface area (Å²) < 4.78 is 11.5. The second-order valence-corrected chi connectivity index (χ2v) is 7.66. The van der Waals surface area contributed by atoms with Gasteiger partial charge in [0.15, 0.2) is 5.76 Å². The van der Waals surface area contributed by atoms with Crippen LogP contribution in [0.15, 0.2) is 82.0 Å². The molecule has 1 N–H and O–H groups in total. The molecule has 0 saturated carbocycles. The largest absolute Gasteiger partial charge is 0.494 e. The summed E-state index contributed by atoms with van der Waals surface area (Å²) in [5.41, 5.74) is 3.14. The van der Waals surface area contributed by atoms with Crippen LogP contribution in [-0.2, 0) is 0 Å². The molecular weight excluding hydrogens is 424 g/mol. The highest BCUT2D eigenvalue weighted by Crippen LogP contribution is 2.40. The summed E-state index contributed by atoms with van der Waals surface area (Å²) in [5.74, 6) is 1.23. The van der Waals surface area contributed by atoms with Gasteiger partial charge in [-0.05, 0) is 56.5 Å². The molecular formula is C26H27ClN2O3. The van der Waals surface area contributed by atoms with Gasteiger partial charge in [-0.2, -0.15) is 0 Å². The van der Waals surface area contributed by atoms with Crippen molar-refractivity contribution < 1.29 is 14.4 Å². The maximum Gasteiger partial charge on any atom is 0.173 e. The predicted molar refractivity (Wildman–Crippen MR) is 130 cm³/mol. The molecule has 0 radical (unpaired) electrons. The van der Waals surface area contributed by atoms with Gasteiger partial charge in [0.25, 0.3) is 0 Å².